The van der Waals surface area contributed by atoms with Gasteiger partial charge in [-0.05, 0) is 50.4 Å². The lowest BCUT2D eigenvalue weighted by Gasteiger charge is -2.43. The molecule has 1 aromatic rings. The fraction of sp³-hybridized carbons (Fsp3) is 0.625. The Labute approximate surface area is 121 Å². The van der Waals surface area contributed by atoms with Crippen LogP contribution in [0.4, 0.5) is 0 Å². The van der Waals surface area contributed by atoms with E-state index in [0.29, 0.717) is 6.04 Å². The average molecular weight is 281 g/mol. The largest absolute Gasteiger partial charge is 0.326 e. The van der Waals surface area contributed by atoms with Crippen LogP contribution in [-0.2, 0) is 0 Å². The second-order valence-corrected chi connectivity index (χ2v) is 6.09. The smallest absolute Gasteiger partial charge is 0.0499 e. The maximum Gasteiger partial charge on any atom is 0.0499 e. The minimum atomic E-state index is 0.116. The monoisotopic (exact) mass is 280 g/mol. The van der Waals surface area contributed by atoms with Crippen molar-refractivity contribution in [2.75, 3.05) is 6.54 Å². The van der Waals surface area contributed by atoms with Gasteiger partial charge in [0.15, 0.2) is 0 Å². The summed E-state index contributed by atoms with van der Waals surface area (Å²) in [5.41, 5.74) is 7.53. The average Bonchev–Trinajstić information content (AvgIpc) is 2.39. The van der Waals surface area contributed by atoms with E-state index >= 15 is 0 Å². The summed E-state index contributed by atoms with van der Waals surface area (Å²) < 4.78 is 0. The summed E-state index contributed by atoms with van der Waals surface area (Å²) in [6, 6.07) is 9.23. The van der Waals surface area contributed by atoms with Crippen LogP contribution in [0.2, 0.25) is 5.02 Å². The van der Waals surface area contributed by atoms with E-state index in [-0.39, 0.29) is 12.1 Å². The van der Waals surface area contributed by atoms with Gasteiger partial charge in [-0.25, -0.2) is 0 Å². The highest BCUT2D eigenvalue weighted by Crippen LogP contribution is 2.32. The molecule has 0 radical (unpaired) electrons. The van der Waals surface area contributed by atoms with Crippen molar-refractivity contribution in [3.63, 3.8) is 0 Å². The van der Waals surface area contributed by atoms with Gasteiger partial charge in [-0.1, -0.05) is 37.1 Å². The third-order valence-electron chi connectivity index (χ3n) is 4.19. The van der Waals surface area contributed by atoms with Crippen molar-refractivity contribution in [2.45, 2.75) is 57.7 Å². The number of hydrogen-bond acceptors (Lipinski definition) is 2. The van der Waals surface area contributed by atoms with Crippen molar-refractivity contribution < 1.29 is 0 Å². The van der Waals surface area contributed by atoms with E-state index in [9.17, 15) is 0 Å². The predicted octanol–water partition coefficient (Wildman–Crippen LogP) is 3.99. The van der Waals surface area contributed by atoms with E-state index < -0.39 is 0 Å². The fourth-order valence-electron chi connectivity index (χ4n) is 3.32. The van der Waals surface area contributed by atoms with E-state index in [1.807, 2.05) is 12.1 Å². The van der Waals surface area contributed by atoms with Gasteiger partial charge in [0.1, 0.15) is 0 Å². The minimum Gasteiger partial charge on any atom is -0.326 e. The Morgan fingerprint density at radius 3 is 2.84 bits per heavy atom. The quantitative estimate of drug-likeness (QED) is 0.903. The van der Waals surface area contributed by atoms with Crippen LogP contribution in [0, 0.1) is 0 Å². The van der Waals surface area contributed by atoms with Crippen LogP contribution in [0.5, 0.6) is 0 Å². The normalized spacial score (nSPS) is 24.1. The number of hydrogen-bond donors (Lipinski definition) is 1. The lowest BCUT2D eigenvalue weighted by atomic mass is 9.92. The molecule has 1 aliphatic heterocycles. The van der Waals surface area contributed by atoms with Crippen LogP contribution in [0.1, 0.15) is 51.1 Å². The zero-order chi connectivity index (χ0) is 13.8. The van der Waals surface area contributed by atoms with Gasteiger partial charge in [-0.2, -0.15) is 0 Å². The summed E-state index contributed by atoms with van der Waals surface area (Å²) in [6.07, 6.45) is 5.11. The zero-order valence-electron chi connectivity index (χ0n) is 12.0. The van der Waals surface area contributed by atoms with Gasteiger partial charge in [0.25, 0.3) is 0 Å². The molecule has 19 heavy (non-hydrogen) atoms. The molecule has 2 N–H and O–H groups in total. The number of nitrogens with zero attached hydrogens (tertiary/aromatic N) is 1. The highest BCUT2D eigenvalue weighted by atomic mass is 35.5. The molecule has 1 heterocycles. The topological polar surface area (TPSA) is 29.3 Å². The standard InChI is InChI=1S/C16H25ClN2/c1-3-15-9-4-5-10-19(15)16(12(2)18)13-7-6-8-14(17)11-13/h6-8,11-12,15-16H,3-5,9-10,18H2,1-2H3. The molecule has 0 spiro atoms. The van der Waals surface area contributed by atoms with Crippen molar-refractivity contribution in [1.29, 1.82) is 0 Å². The van der Waals surface area contributed by atoms with Crippen LogP contribution < -0.4 is 5.73 Å². The first-order chi connectivity index (χ1) is 9.13. The van der Waals surface area contributed by atoms with Gasteiger partial charge in [0.2, 0.25) is 0 Å². The number of benzene rings is 1. The highest BCUT2D eigenvalue weighted by molar-refractivity contribution is 6.30. The Kier molecular flexibility index (Phi) is 5.26. The number of nitrogens with two attached hydrogens (primary N) is 1. The Bertz CT molecular complexity index is 405. The van der Waals surface area contributed by atoms with Gasteiger partial charge >= 0.3 is 0 Å². The third kappa shape index (κ3) is 3.50. The highest BCUT2D eigenvalue weighted by Gasteiger charge is 2.31. The molecule has 3 unspecified atom stereocenters. The molecule has 2 nitrogen and oxygen atoms in total. The predicted molar refractivity (Wildman–Crippen MR) is 82.5 cm³/mol. The molecular formula is C16H25ClN2. The molecule has 1 fully saturated rings. The van der Waals surface area contributed by atoms with Crippen LogP contribution in [0.15, 0.2) is 24.3 Å². The Morgan fingerprint density at radius 1 is 1.42 bits per heavy atom. The Balaban J connectivity index is 2.28. The molecule has 0 aliphatic carbocycles. The van der Waals surface area contributed by atoms with Gasteiger partial charge in [-0.15, -0.1) is 0 Å². The second-order valence-electron chi connectivity index (χ2n) is 5.65. The first-order valence-corrected chi connectivity index (χ1v) is 7.78. The van der Waals surface area contributed by atoms with Crippen LogP contribution in [-0.4, -0.2) is 23.5 Å². The van der Waals surface area contributed by atoms with E-state index in [1.54, 1.807) is 0 Å². The molecule has 0 bridgehead atoms. The summed E-state index contributed by atoms with van der Waals surface area (Å²) in [6.45, 7) is 5.53. The fourth-order valence-corrected chi connectivity index (χ4v) is 3.51. The van der Waals surface area contributed by atoms with Crippen molar-refractivity contribution >= 4 is 11.6 Å². The summed E-state index contributed by atoms with van der Waals surface area (Å²) in [5, 5.41) is 0.799. The lowest BCUT2D eigenvalue weighted by molar-refractivity contribution is 0.0797. The van der Waals surface area contributed by atoms with Crippen LogP contribution in [0.3, 0.4) is 0 Å². The first-order valence-electron chi connectivity index (χ1n) is 7.40. The van der Waals surface area contributed by atoms with Gasteiger partial charge in [-0.3, -0.25) is 4.90 Å². The zero-order valence-corrected chi connectivity index (χ0v) is 12.7. The summed E-state index contributed by atoms with van der Waals surface area (Å²) in [5.74, 6) is 0. The molecule has 1 aromatic carbocycles. The Hall–Kier alpha value is -0.570. The molecule has 3 heteroatoms. The van der Waals surface area contributed by atoms with E-state index in [2.05, 4.69) is 30.9 Å². The molecular weight excluding hydrogens is 256 g/mol. The number of rotatable bonds is 4. The molecule has 1 aliphatic rings. The van der Waals surface area contributed by atoms with E-state index in [0.717, 1.165) is 11.6 Å². The van der Waals surface area contributed by atoms with Crippen molar-refractivity contribution in [3.8, 4) is 0 Å². The molecule has 106 valence electrons. The molecule has 1 saturated heterocycles. The summed E-state index contributed by atoms with van der Waals surface area (Å²) in [7, 11) is 0. The van der Waals surface area contributed by atoms with Gasteiger partial charge < -0.3 is 5.73 Å². The SMILES string of the molecule is CCC1CCCCN1C(c1cccc(Cl)c1)C(C)N. The molecule has 0 amide bonds. The minimum absolute atomic E-state index is 0.116. The molecule has 0 aromatic heterocycles. The molecule has 2 rings (SSSR count). The number of halogens is 1. The first kappa shape index (κ1) is 14.8. The van der Waals surface area contributed by atoms with E-state index in [1.165, 1.54) is 31.2 Å². The number of piperidine rings is 1. The van der Waals surface area contributed by atoms with Crippen LogP contribution in [0.25, 0.3) is 0 Å². The van der Waals surface area contributed by atoms with Crippen molar-refractivity contribution in [2.24, 2.45) is 5.73 Å². The summed E-state index contributed by atoms with van der Waals surface area (Å²) in [4.78, 5) is 2.60. The van der Waals surface area contributed by atoms with Gasteiger partial charge in [0, 0.05) is 23.1 Å². The maximum atomic E-state index is 6.28. The van der Waals surface area contributed by atoms with Gasteiger partial charge in [0.05, 0.1) is 0 Å². The Morgan fingerprint density at radius 2 is 2.21 bits per heavy atom. The third-order valence-corrected chi connectivity index (χ3v) is 4.42. The van der Waals surface area contributed by atoms with Crippen molar-refractivity contribution in [1.82, 2.24) is 4.90 Å². The maximum absolute atomic E-state index is 6.28. The summed E-state index contributed by atoms with van der Waals surface area (Å²) >= 11 is 6.14. The molecule has 3 atom stereocenters. The van der Waals surface area contributed by atoms with Crippen molar-refractivity contribution in [3.05, 3.63) is 34.9 Å². The lowest BCUT2D eigenvalue weighted by Crippen LogP contribution is -2.47. The van der Waals surface area contributed by atoms with Crippen LogP contribution >= 0.6 is 11.6 Å². The molecule has 0 saturated carbocycles. The second kappa shape index (κ2) is 6.74. The number of likely N-dealkylation sites (tertiary alicyclic amines) is 1. The van der Waals surface area contributed by atoms with E-state index in [4.69, 9.17) is 17.3 Å².